The molecule has 2 N–H and O–H groups in total. The number of aromatic carboxylic acids is 1. The Bertz CT molecular complexity index is 732. The standard InChI is InChI=1S/C13H16N4O5/c1-13(2,3)22-12(20)16-10-9(21-4)8-7(11(18)19)5-15-17(8)6-14-10/h5-6H,1-4H3,(H,16,20)(H,18,19). The minimum Gasteiger partial charge on any atom is -0.491 e. The van der Waals surface area contributed by atoms with E-state index in [4.69, 9.17) is 9.47 Å². The maximum Gasteiger partial charge on any atom is 0.413 e. The highest BCUT2D eigenvalue weighted by Gasteiger charge is 2.22. The molecule has 1 amide bonds. The summed E-state index contributed by atoms with van der Waals surface area (Å²) < 4.78 is 11.6. The molecule has 2 aromatic rings. The molecule has 0 unspecified atom stereocenters. The Balaban J connectivity index is 2.44. The summed E-state index contributed by atoms with van der Waals surface area (Å²) in [6.45, 7) is 5.17. The number of rotatable bonds is 3. The number of carbonyl (C=O) groups excluding carboxylic acids is 1. The van der Waals surface area contributed by atoms with Crippen LogP contribution in [0.4, 0.5) is 10.6 Å². The van der Waals surface area contributed by atoms with E-state index in [9.17, 15) is 14.7 Å². The van der Waals surface area contributed by atoms with E-state index < -0.39 is 17.7 Å². The van der Waals surface area contributed by atoms with Crippen molar-refractivity contribution in [1.29, 1.82) is 0 Å². The lowest BCUT2D eigenvalue weighted by Crippen LogP contribution is -2.27. The third kappa shape index (κ3) is 3.08. The number of fused-ring (bicyclic) bond motifs is 1. The van der Waals surface area contributed by atoms with Gasteiger partial charge in [0.2, 0.25) is 0 Å². The van der Waals surface area contributed by atoms with E-state index in [0.717, 1.165) is 0 Å². The summed E-state index contributed by atoms with van der Waals surface area (Å²) in [6.07, 6.45) is 1.73. The highest BCUT2D eigenvalue weighted by Crippen LogP contribution is 2.30. The second-order valence-electron chi connectivity index (χ2n) is 5.41. The molecule has 9 nitrogen and oxygen atoms in total. The van der Waals surface area contributed by atoms with E-state index in [1.807, 2.05) is 0 Å². The van der Waals surface area contributed by atoms with Crippen LogP contribution in [0.2, 0.25) is 0 Å². The number of aromatic nitrogens is 3. The topological polar surface area (TPSA) is 115 Å². The van der Waals surface area contributed by atoms with Gasteiger partial charge in [0.15, 0.2) is 11.6 Å². The highest BCUT2D eigenvalue weighted by molar-refractivity contribution is 5.99. The number of carboxylic acids is 1. The van der Waals surface area contributed by atoms with E-state index in [-0.39, 0.29) is 22.6 Å². The van der Waals surface area contributed by atoms with Crippen LogP contribution >= 0.6 is 0 Å². The molecule has 2 aromatic heterocycles. The SMILES string of the molecule is COc1c(NC(=O)OC(C)(C)C)ncn2ncc(C(=O)O)c12. The number of methoxy groups -OCH3 is 1. The average molecular weight is 308 g/mol. The molecule has 0 aromatic carbocycles. The zero-order valence-electron chi connectivity index (χ0n) is 12.6. The molecule has 0 spiro atoms. The molecular formula is C13H16N4O5. The summed E-state index contributed by atoms with van der Waals surface area (Å²) in [5, 5.41) is 15.5. The molecular weight excluding hydrogens is 292 g/mol. The summed E-state index contributed by atoms with van der Waals surface area (Å²) in [5.74, 6) is -1.03. The molecule has 118 valence electrons. The normalized spacial score (nSPS) is 11.3. The lowest BCUT2D eigenvalue weighted by molar-refractivity contribution is 0.0633. The Morgan fingerprint density at radius 2 is 2.05 bits per heavy atom. The number of hydrogen-bond acceptors (Lipinski definition) is 6. The van der Waals surface area contributed by atoms with Crippen LogP contribution in [-0.2, 0) is 4.74 Å². The van der Waals surface area contributed by atoms with Crippen LogP contribution in [0.3, 0.4) is 0 Å². The summed E-state index contributed by atoms with van der Waals surface area (Å²) in [4.78, 5) is 27.0. The van der Waals surface area contributed by atoms with E-state index in [1.54, 1.807) is 20.8 Å². The monoisotopic (exact) mass is 308 g/mol. The van der Waals surface area contributed by atoms with Gasteiger partial charge in [0.1, 0.15) is 23.0 Å². The van der Waals surface area contributed by atoms with Gasteiger partial charge in [0.25, 0.3) is 0 Å². The minimum atomic E-state index is -1.16. The first-order valence-electron chi connectivity index (χ1n) is 6.36. The molecule has 0 radical (unpaired) electrons. The predicted octanol–water partition coefficient (Wildman–Crippen LogP) is 1.78. The minimum absolute atomic E-state index is 0.0484. The Hall–Kier alpha value is -2.84. The van der Waals surface area contributed by atoms with Gasteiger partial charge in [-0.15, -0.1) is 0 Å². The van der Waals surface area contributed by atoms with Crippen LogP contribution in [-0.4, -0.2) is 44.5 Å². The number of amides is 1. The highest BCUT2D eigenvalue weighted by atomic mass is 16.6. The molecule has 0 saturated heterocycles. The largest absolute Gasteiger partial charge is 0.491 e. The first-order chi connectivity index (χ1) is 10.2. The van der Waals surface area contributed by atoms with Crippen LogP contribution < -0.4 is 10.1 Å². The van der Waals surface area contributed by atoms with Gasteiger partial charge < -0.3 is 14.6 Å². The first-order valence-corrected chi connectivity index (χ1v) is 6.36. The molecule has 0 fully saturated rings. The van der Waals surface area contributed by atoms with Crippen molar-refractivity contribution in [3.05, 3.63) is 18.1 Å². The van der Waals surface area contributed by atoms with Gasteiger partial charge in [-0.05, 0) is 20.8 Å². The molecule has 22 heavy (non-hydrogen) atoms. The van der Waals surface area contributed by atoms with E-state index in [1.165, 1.54) is 24.1 Å². The summed E-state index contributed by atoms with van der Waals surface area (Å²) in [7, 11) is 1.34. The van der Waals surface area contributed by atoms with E-state index >= 15 is 0 Å². The fourth-order valence-corrected chi connectivity index (χ4v) is 1.80. The molecule has 0 aliphatic heterocycles. The van der Waals surface area contributed by atoms with Gasteiger partial charge >= 0.3 is 12.1 Å². The molecule has 0 aliphatic rings. The van der Waals surface area contributed by atoms with Crippen molar-refractivity contribution in [2.75, 3.05) is 12.4 Å². The van der Waals surface area contributed by atoms with Crippen molar-refractivity contribution in [3.63, 3.8) is 0 Å². The van der Waals surface area contributed by atoms with Crippen molar-refractivity contribution >= 4 is 23.4 Å². The van der Waals surface area contributed by atoms with E-state index in [2.05, 4.69) is 15.4 Å². The van der Waals surface area contributed by atoms with Crippen molar-refractivity contribution in [2.45, 2.75) is 26.4 Å². The van der Waals surface area contributed by atoms with Crippen molar-refractivity contribution < 1.29 is 24.2 Å². The average Bonchev–Trinajstić information content (AvgIpc) is 2.80. The van der Waals surface area contributed by atoms with Crippen molar-refractivity contribution in [1.82, 2.24) is 14.6 Å². The van der Waals surface area contributed by atoms with Crippen LogP contribution in [0.25, 0.3) is 5.52 Å². The fraction of sp³-hybridized carbons (Fsp3) is 0.385. The number of nitrogens with zero attached hydrogens (tertiary/aromatic N) is 3. The lowest BCUT2D eigenvalue weighted by atomic mass is 10.2. The molecule has 0 aliphatic carbocycles. The molecule has 0 bridgehead atoms. The quantitative estimate of drug-likeness (QED) is 0.888. The van der Waals surface area contributed by atoms with Crippen LogP contribution in [0.5, 0.6) is 5.75 Å². The lowest BCUT2D eigenvalue weighted by Gasteiger charge is -2.20. The van der Waals surface area contributed by atoms with E-state index in [0.29, 0.717) is 0 Å². The van der Waals surface area contributed by atoms with Gasteiger partial charge in [-0.2, -0.15) is 5.10 Å². The second kappa shape index (κ2) is 5.51. The number of anilines is 1. The second-order valence-corrected chi connectivity index (χ2v) is 5.41. The van der Waals surface area contributed by atoms with Crippen molar-refractivity contribution in [3.8, 4) is 5.75 Å². The van der Waals surface area contributed by atoms with Gasteiger partial charge in [-0.3, -0.25) is 5.32 Å². The number of hydrogen-bond donors (Lipinski definition) is 2. The fourth-order valence-electron chi connectivity index (χ4n) is 1.80. The maximum absolute atomic E-state index is 11.8. The number of nitrogens with one attached hydrogen (secondary N) is 1. The third-order valence-corrected chi connectivity index (χ3v) is 2.58. The Morgan fingerprint density at radius 3 is 2.59 bits per heavy atom. The summed E-state index contributed by atoms with van der Waals surface area (Å²) >= 11 is 0. The van der Waals surface area contributed by atoms with Gasteiger partial charge in [-0.1, -0.05) is 0 Å². The molecule has 9 heteroatoms. The zero-order valence-corrected chi connectivity index (χ0v) is 12.6. The van der Waals surface area contributed by atoms with Gasteiger partial charge in [0.05, 0.1) is 13.3 Å². The molecule has 0 saturated carbocycles. The number of ether oxygens (including phenoxy) is 2. The zero-order chi connectivity index (χ0) is 16.5. The predicted molar refractivity (Wildman–Crippen MR) is 76.4 cm³/mol. The Morgan fingerprint density at radius 1 is 1.36 bits per heavy atom. The van der Waals surface area contributed by atoms with Crippen LogP contribution in [0, 0.1) is 0 Å². The molecule has 2 rings (SSSR count). The van der Waals surface area contributed by atoms with Crippen LogP contribution in [0.15, 0.2) is 12.5 Å². The Kier molecular flexibility index (Phi) is 3.89. The summed E-state index contributed by atoms with van der Waals surface area (Å²) in [5.41, 5.74) is -0.549. The summed E-state index contributed by atoms with van der Waals surface area (Å²) in [6, 6.07) is 0. The van der Waals surface area contributed by atoms with Gasteiger partial charge in [-0.25, -0.2) is 19.1 Å². The Labute approximate surface area is 125 Å². The van der Waals surface area contributed by atoms with Gasteiger partial charge in [0, 0.05) is 0 Å². The maximum atomic E-state index is 11.8. The van der Waals surface area contributed by atoms with Crippen LogP contribution in [0.1, 0.15) is 31.1 Å². The van der Waals surface area contributed by atoms with Crippen molar-refractivity contribution in [2.24, 2.45) is 0 Å². The number of carbonyl (C=O) groups is 2. The third-order valence-electron chi connectivity index (χ3n) is 2.58. The molecule has 0 atom stereocenters. The smallest absolute Gasteiger partial charge is 0.413 e. The molecule has 2 heterocycles. The first kappa shape index (κ1) is 15.5. The number of carboxylic acid groups (broad SMARTS) is 1.